The maximum Gasteiger partial charge on any atom is 0.0705 e. The molecule has 0 aliphatic rings. The van der Waals surface area contributed by atoms with Gasteiger partial charge in [-0.25, -0.2) is 0 Å². The molecular weight excluding hydrogens is 242 g/mol. The largest absolute Gasteiger partial charge is 0.256 e. The first-order valence-electron chi connectivity index (χ1n) is 7.36. The lowest BCUT2D eigenvalue weighted by Gasteiger charge is -2.10. The van der Waals surface area contributed by atoms with Crippen LogP contribution >= 0.6 is 0 Å². The molecule has 98 valence electrons. The molecule has 3 aromatic rings. The number of pyridine rings is 1. The van der Waals surface area contributed by atoms with Gasteiger partial charge in [0.2, 0.25) is 0 Å². The van der Waals surface area contributed by atoms with Crippen molar-refractivity contribution in [1.29, 1.82) is 0 Å². The standard InChI is InChI=1S/C19H17N/c1-2-15-13-19(17-11-7-4-8-12-17)20-14-18(15)16-9-5-3-6-10-16/h3-14H,2H2,1H3/i2D. The van der Waals surface area contributed by atoms with Gasteiger partial charge in [-0.15, -0.1) is 0 Å². The van der Waals surface area contributed by atoms with Crippen LogP contribution in [0.4, 0.5) is 0 Å². The van der Waals surface area contributed by atoms with Gasteiger partial charge in [0, 0.05) is 18.7 Å². The molecule has 0 N–H and O–H groups in total. The van der Waals surface area contributed by atoms with Crippen LogP contribution < -0.4 is 0 Å². The number of benzene rings is 2. The second-order valence-corrected chi connectivity index (χ2v) is 4.68. The summed E-state index contributed by atoms with van der Waals surface area (Å²) in [5, 5.41) is 0. The lowest BCUT2D eigenvalue weighted by atomic mass is 9.98. The van der Waals surface area contributed by atoms with E-state index in [4.69, 9.17) is 1.37 Å². The second kappa shape index (κ2) is 5.70. The minimum absolute atomic E-state index is 0.286. The van der Waals surface area contributed by atoms with Crippen LogP contribution in [0.25, 0.3) is 22.4 Å². The van der Waals surface area contributed by atoms with Gasteiger partial charge < -0.3 is 0 Å². The van der Waals surface area contributed by atoms with Gasteiger partial charge in [0.1, 0.15) is 0 Å². The molecule has 1 unspecified atom stereocenters. The molecule has 0 amide bonds. The van der Waals surface area contributed by atoms with Crippen molar-refractivity contribution < 1.29 is 1.37 Å². The number of hydrogen-bond donors (Lipinski definition) is 0. The third-order valence-electron chi connectivity index (χ3n) is 3.40. The fraction of sp³-hybridized carbons (Fsp3) is 0.105. The normalized spacial score (nSPS) is 12.8. The zero-order valence-electron chi connectivity index (χ0n) is 12.5. The average Bonchev–Trinajstić information content (AvgIpc) is 2.56. The second-order valence-electron chi connectivity index (χ2n) is 4.68. The van der Waals surface area contributed by atoms with Crippen molar-refractivity contribution in [2.24, 2.45) is 0 Å². The van der Waals surface area contributed by atoms with Gasteiger partial charge in [0.05, 0.1) is 5.69 Å². The number of aryl methyl sites for hydroxylation is 1. The van der Waals surface area contributed by atoms with Crippen molar-refractivity contribution in [3.8, 4) is 22.4 Å². The van der Waals surface area contributed by atoms with Gasteiger partial charge >= 0.3 is 0 Å². The van der Waals surface area contributed by atoms with Crippen LogP contribution in [-0.2, 0) is 6.40 Å². The van der Waals surface area contributed by atoms with Gasteiger partial charge in [-0.3, -0.25) is 4.98 Å². The van der Waals surface area contributed by atoms with E-state index in [1.165, 1.54) is 0 Å². The molecule has 0 fully saturated rings. The van der Waals surface area contributed by atoms with Crippen LogP contribution in [0.2, 0.25) is 0 Å². The molecule has 0 aliphatic heterocycles. The highest BCUT2D eigenvalue weighted by atomic mass is 14.7. The SMILES string of the molecule is [2H]C(C)c1cc(-c2ccccc2)ncc1-c1ccccc1. The zero-order valence-corrected chi connectivity index (χ0v) is 11.5. The molecule has 1 heterocycles. The molecule has 2 aromatic carbocycles. The smallest absolute Gasteiger partial charge is 0.0705 e. The van der Waals surface area contributed by atoms with Crippen molar-refractivity contribution >= 4 is 0 Å². The fourth-order valence-corrected chi connectivity index (χ4v) is 2.34. The summed E-state index contributed by atoms with van der Waals surface area (Å²) in [4.78, 5) is 4.59. The molecule has 0 saturated heterocycles. The lowest BCUT2D eigenvalue weighted by Crippen LogP contribution is -1.92. The monoisotopic (exact) mass is 260 g/mol. The molecule has 20 heavy (non-hydrogen) atoms. The van der Waals surface area contributed by atoms with Gasteiger partial charge in [-0.2, -0.15) is 0 Å². The molecule has 0 spiro atoms. The van der Waals surface area contributed by atoms with Crippen LogP contribution in [0.1, 0.15) is 13.9 Å². The minimum atomic E-state index is -0.286. The summed E-state index contributed by atoms with van der Waals surface area (Å²) in [7, 11) is 0. The Kier molecular flexibility index (Phi) is 3.26. The van der Waals surface area contributed by atoms with Crippen LogP contribution in [0.15, 0.2) is 72.9 Å². The quantitative estimate of drug-likeness (QED) is 0.647. The Hall–Kier alpha value is -2.41. The highest BCUT2D eigenvalue weighted by Crippen LogP contribution is 2.27. The summed E-state index contributed by atoms with van der Waals surface area (Å²) < 4.78 is 8.14. The first-order chi connectivity index (χ1) is 10.3. The Labute approximate surface area is 121 Å². The van der Waals surface area contributed by atoms with Gasteiger partial charge in [-0.1, -0.05) is 67.6 Å². The first kappa shape index (κ1) is 11.4. The number of aromatic nitrogens is 1. The van der Waals surface area contributed by atoms with E-state index in [-0.39, 0.29) is 6.40 Å². The van der Waals surface area contributed by atoms with Crippen LogP contribution in [0.3, 0.4) is 0 Å². The molecule has 0 aliphatic carbocycles. The average molecular weight is 260 g/mol. The van der Waals surface area contributed by atoms with E-state index in [1.54, 1.807) is 0 Å². The summed E-state index contributed by atoms with van der Waals surface area (Å²) in [5.41, 5.74) is 5.16. The van der Waals surface area contributed by atoms with Gasteiger partial charge in [-0.05, 0) is 23.6 Å². The van der Waals surface area contributed by atoms with Gasteiger partial charge in [0.15, 0.2) is 0 Å². The minimum Gasteiger partial charge on any atom is -0.256 e. The Morgan fingerprint density at radius 3 is 2.10 bits per heavy atom. The number of rotatable bonds is 3. The Balaban J connectivity index is 2.12. The predicted octanol–water partition coefficient (Wildman–Crippen LogP) is 4.98. The third-order valence-corrected chi connectivity index (χ3v) is 3.40. The topological polar surface area (TPSA) is 12.9 Å². The van der Waals surface area contributed by atoms with E-state index in [0.717, 1.165) is 27.9 Å². The summed E-state index contributed by atoms with van der Waals surface area (Å²) in [6.45, 7) is 1.90. The maximum absolute atomic E-state index is 8.14. The zero-order chi connectivity index (χ0) is 14.7. The van der Waals surface area contributed by atoms with E-state index in [0.29, 0.717) is 0 Å². The van der Waals surface area contributed by atoms with E-state index in [2.05, 4.69) is 17.1 Å². The van der Waals surface area contributed by atoms with Crippen LogP contribution in [-0.4, -0.2) is 4.98 Å². The van der Waals surface area contributed by atoms with Crippen molar-refractivity contribution in [1.82, 2.24) is 4.98 Å². The predicted molar refractivity (Wildman–Crippen MR) is 84.5 cm³/mol. The Bertz CT molecular complexity index is 721. The summed E-state index contributed by atoms with van der Waals surface area (Å²) in [5.74, 6) is 0. The molecule has 1 heteroatoms. The highest BCUT2D eigenvalue weighted by molar-refractivity contribution is 5.70. The van der Waals surface area contributed by atoms with E-state index < -0.39 is 0 Å². The van der Waals surface area contributed by atoms with E-state index in [1.807, 2.05) is 67.7 Å². The summed E-state index contributed by atoms with van der Waals surface area (Å²) >= 11 is 0. The molecule has 0 radical (unpaired) electrons. The molecule has 1 atom stereocenters. The number of hydrogen-bond acceptors (Lipinski definition) is 1. The Morgan fingerprint density at radius 1 is 0.900 bits per heavy atom. The molecule has 0 saturated carbocycles. The van der Waals surface area contributed by atoms with Crippen molar-refractivity contribution in [3.05, 3.63) is 78.5 Å². The summed E-state index contributed by atoms with van der Waals surface area (Å²) in [6, 6.07) is 22.3. The summed E-state index contributed by atoms with van der Waals surface area (Å²) in [6.07, 6.45) is 1.60. The molecule has 3 rings (SSSR count). The lowest BCUT2D eigenvalue weighted by molar-refractivity contribution is 1.12. The van der Waals surface area contributed by atoms with E-state index >= 15 is 0 Å². The molecular formula is C19H17N. The first-order valence-corrected chi connectivity index (χ1v) is 6.79. The molecule has 1 nitrogen and oxygen atoms in total. The number of nitrogens with zero attached hydrogens (tertiary/aromatic N) is 1. The van der Waals surface area contributed by atoms with Crippen molar-refractivity contribution in [2.45, 2.75) is 13.3 Å². The van der Waals surface area contributed by atoms with E-state index in [9.17, 15) is 0 Å². The Morgan fingerprint density at radius 2 is 1.50 bits per heavy atom. The molecule has 0 bridgehead atoms. The van der Waals surface area contributed by atoms with Crippen LogP contribution in [0.5, 0.6) is 0 Å². The maximum atomic E-state index is 8.14. The van der Waals surface area contributed by atoms with Crippen molar-refractivity contribution in [2.75, 3.05) is 0 Å². The fourth-order valence-electron chi connectivity index (χ4n) is 2.34. The van der Waals surface area contributed by atoms with Crippen LogP contribution in [0, 0.1) is 0 Å². The van der Waals surface area contributed by atoms with Gasteiger partial charge in [0.25, 0.3) is 0 Å². The highest BCUT2D eigenvalue weighted by Gasteiger charge is 2.07. The third kappa shape index (κ3) is 2.48. The molecule has 1 aromatic heterocycles. The van der Waals surface area contributed by atoms with Crippen molar-refractivity contribution in [3.63, 3.8) is 0 Å².